The second-order valence-electron chi connectivity index (χ2n) is 4.33. The first-order chi connectivity index (χ1) is 8.29. The van der Waals surface area contributed by atoms with Crippen LogP contribution in [0, 0.1) is 0 Å². The van der Waals surface area contributed by atoms with E-state index in [1.165, 1.54) is 5.56 Å². The molecule has 0 spiro atoms. The van der Waals surface area contributed by atoms with Gasteiger partial charge in [0, 0.05) is 26.3 Å². The Kier molecular flexibility index (Phi) is 6.86. The van der Waals surface area contributed by atoms with Gasteiger partial charge < -0.3 is 10.5 Å². The summed E-state index contributed by atoms with van der Waals surface area (Å²) in [5.41, 5.74) is 7.05. The fraction of sp³-hybridized carbons (Fsp3) is 0.571. The summed E-state index contributed by atoms with van der Waals surface area (Å²) in [6, 6.07) is 11.0. The van der Waals surface area contributed by atoms with Crippen LogP contribution in [-0.4, -0.2) is 38.8 Å². The summed E-state index contributed by atoms with van der Waals surface area (Å²) in [5, 5.41) is 0. The molecule has 0 heterocycles. The minimum absolute atomic E-state index is 0.415. The van der Waals surface area contributed by atoms with Crippen LogP contribution in [0.4, 0.5) is 0 Å². The van der Waals surface area contributed by atoms with Gasteiger partial charge in [0.1, 0.15) is 0 Å². The van der Waals surface area contributed by atoms with E-state index in [-0.39, 0.29) is 0 Å². The summed E-state index contributed by atoms with van der Waals surface area (Å²) in [7, 11) is 3.90. The molecule has 3 nitrogen and oxygen atoms in total. The van der Waals surface area contributed by atoms with Crippen molar-refractivity contribution in [2.45, 2.75) is 18.9 Å². The average molecular weight is 236 g/mol. The molecule has 0 fully saturated rings. The largest absolute Gasteiger partial charge is 0.385 e. The lowest BCUT2D eigenvalue weighted by Crippen LogP contribution is -2.28. The van der Waals surface area contributed by atoms with E-state index in [1.54, 1.807) is 7.11 Å². The number of nitrogens with zero attached hydrogens (tertiary/aromatic N) is 1. The number of benzene rings is 1. The predicted molar refractivity (Wildman–Crippen MR) is 72.0 cm³/mol. The SMILES string of the molecule is COCCCN(C)C(CCN)c1ccccc1. The zero-order chi connectivity index (χ0) is 12.5. The molecule has 1 atom stereocenters. The van der Waals surface area contributed by atoms with Crippen molar-refractivity contribution in [3.8, 4) is 0 Å². The maximum Gasteiger partial charge on any atom is 0.0474 e. The standard InChI is InChI=1S/C14H24N2O/c1-16(11-6-12-17-2)14(9-10-15)13-7-4-3-5-8-13/h3-5,7-8,14H,6,9-12,15H2,1-2H3. The molecule has 1 aromatic rings. The van der Waals surface area contributed by atoms with Crippen LogP contribution in [0.15, 0.2) is 30.3 Å². The summed E-state index contributed by atoms with van der Waals surface area (Å²) < 4.78 is 5.09. The quantitative estimate of drug-likeness (QED) is 0.702. The van der Waals surface area contributed by atoms with Gasteiger partial charge in [-0.1, -0.05) is 30.3 Å². The van der Waals surface area contributed by atoms with Crippen LogP contribution in [-0.2, 0) is 4.74 Å². The van der Waals surface area contributed by atoms with E-state index in [9.17, 15) is 0 Å². The topological polar surface area (TPSA) is 38.5 Å². The van der Waals surface area contributed by atoms with Crippen LogP contribution < -0.4 is 5.73 Å². The van der Waals surface area contributed by atoms with Gasteiger partial charge in [0.05, 0.1) is 0 Å². The Labute approximate surface area is 105 Å². The van der Waals surface area contributed by atoms with Crippen LogP contribution in [0.5, 0.6) is 0 Å². The number of nitrogens with two attached hydrogens (primary N) is 1. The van der Waals surface area contributed by atoms with Crippen LogP contribution in [0.1, 0.15) is 24.4 Å². The molecule has 0 aliphatic carbocycles. The lowest BCUT2D eigenvalue weighted by Gasteiger charge is -2.28. The smallest absolute Gasteiger partial charge is 0.0474 e. The van der Waals surface area contributed by atoms with E-state index in [4.69, 9.17) is 10.5 Å². The van der Waals surface area contributed by atoms with Crippen molar-refractivity contribution in [2.24, 2.45) is 5.73 Å². The Balaban J connectivity index is 2.58. The predicted octanol–water partition coefficient (Wildman–Crippen LogP) is 2.04. The normalized spacial score (nSPS) is 12.9. The number of hydrogen-bond acceptors (Lipinski definition) is 3. The Morgan fingerprint density at radius 1 is 1.29 bits per heavy atom. The van der Waals surface area contributed by atoms with Gasteiger partial charge in [-0.05, 0) is 32.0 Å². The molecule has 0 bridgehead atoms. The first-order valence-corrected chi connectivity index (χ1v) is 6.23. The molecular weight excluding hydrogens is 212 g/mol. The summed E-state index contributed by atoms with van der Waals surface area (Å²) in [4.78, 5) is 2.36. The van der Waals surface area contributed by atoms with E-state index >= 15 is 0 Å². The molecule has 0 amide bonds. The third-order valence-corrected chi connectivity index (χ3v) is 3.02. The van der Waals surface area contributed by atoms with Gasteiger partial charge in [0.15, 0.2) is 0 Å². The number of methoxy groups -OCH3 is 1. The number of hydrogen-bond donors (Lipinski definition) is 1. The molecule has 0 radical (unpaired) electrons. The van der Waals surface area contributed by atoms with Crippen LogP contribution in [0.3, 0.4) is 0 Å². The maximum atomic E-state index is 5.71. The Morgan fingerprint density at radius 2 is 2.00 bits per heavy atom. The molecule has 0 saturated heterocycles. The van der Waals surface area contributed by atoms with E-state index in [2.05, 4.69) is 36.2 Å². The van der Waals surface area contributed by atoms with Gasteiger partial charge in [-0.2, -0.15) is 0 Å². The monoisotopic (exact) mass is 236 g/mol. The van der Waals surface area contributed by atoms with Crippen LogP contribution >= 0.6 is 0 Å². The Hall–Kier alpha value is -0.900. The van der Waals surface area contributed by atoms with Crippen molar-refractivity contribution in [3.63, 3.8) is 0 Å². The molecule has 1 aromatic carbocycles. The zero-order valence-electron chi connectivity index (χ0n) is 10.9. The fourth-order valence-corrected chi connectivity index (χ4v) is 2.09. The minimum Gasteiger partial charge on any atom is -0.385 e. The van der Waals surface area contributed by atoms with E-state index in [1.807, 2.05) is 6.07 Å². The van der Waals surface area contributed by atoms with Crippen LogP contribution in [0.2, 0.25) is 0 Å². The third kappa shape index (κ3) is 4.86. The Bertz CT molecular complexity index is 290. The van der Waals surface area contributed by atoms with Crippen molar-refractivity contribution in [1.29, 1.82) is 0 Å². The van der Waals surface area contributed by atoms with E-state index in [0.29, 0.717) is 12.6 Å². The molecule has 17 heavy (non-hydrogen) atoms. The molecule has 0 aliphatic rings. The van der Waals surface area contributed by atoms with Crippen molar-refractivity contribution >= 4 is 0 Å². The van der Waals surface area contributed by atoms with Gasteiger partial charge in [0.2, 0.25) is 0 Å². The maximum absolute atomic E-state index is 5.71. The highest BCUT2D eigenvalue weighted by Crippen LogP contribution is 2.22. The number of ether oxygens (including phenoxy) is 1. The second kappa shape index (κ2) is 8.23. The lowest BCUT2D eigenvalue weighted by atomic mass is 10.0. The molecule has 96 valence electrons. The molecule has 1 unspecified atom stereocenters. The van der Waals surface area contributed by atoms with Gasteiger partial charge >= 0.3 is 0 Å². The molecule has 0 aliphatic heterocycles. The van der Waals surface area contributed by atoms with Crippen molar-refractivity contribution < 1.29 is 4.74 Å². The number of rotatable bonds is 8. The third-order valence-electron chi connectivity index (χ3n) is 3.02. The van der Waals surface area contributed by atoms with Gasteiger partial charge in [0.25, 0.3) is 0 Å². The van der Waals surface area contributed by atoms with E-state index in [0.717, 1.165) is 26.0 Å². The summed E-state index contributed by atoms with van der Waals surface area (Å²) >= 11 is 0. The highest BCUT2D eigenvalue weighted by atomic mass is 16.5. The van der Waals surface area contributed by atoms with E-state index < -0.39 is 0 Å². The molecule has 2 N–H and O–H groups in total. The summed E-state index contributed by atoms with van der Waals surface area (Å²) in [6.07, 6.45) is 2.05. The zero-order valence-corrected chi connectivity index (χ0v) is 10.9. The summed E-state index contributed by atoms with van der Waals surface area (Å²) in [5.74, 6) is 0. The highest BCUT2D eigenvalue weighted by Gasteiger charge is 2.15. The fourth-order valence-electron chi connectivity index (χ4n) is 2.09. The van der Waals surface area contributed by atoms with Gasteiger partial charge in [-0.3, -0.25) is 4.90 Å². The molecule has 0 aromatic heterocycles. The molecule has 1 rings (SSSR count). The highest BCUT2D eigenvalue weighted by molar-refractivity contribution is 5.18. The van der Waals surface area contributed by atoms with Crippen molar-refractivity contribution in [2.75, 3.05) is 33.9 Å². The van der Waals surface area contributed by atoms with Gasteiger partial charge in [-0.25, -0.2) is 0 Å². The molecule has 0 saturated carbocycles. The molecular formula is C14H24N2O. The van der Waals surface area contributed by atoms with Crippen LogP contribution in [0.25, 0.3) is 0 Å². The van der Waals surface area contributed by atoms with Crippen molar-refractivity contribution in [1.82, 2.24) is 4.90 Å². The second-order valence-corrected chi connectivity index (χ2v) is 4.33. The van der Waals surface area contributed by atoms with Gasteiger partial charge in [-0.15, -0.1) is 0 Å². The summed E-state index contributed by atoms with van der Waals surface area (Å²) in [6.45, 7) is 2.57. The average Bonchev–Trinajstić information content (AvgIpc) is 2.37. The first-order valence-electron chi connectivity index (χ1n) is 6.23. The first kappa shape index (κ1) is 14.2. The minimum atomic E-state index is 0.415. The van der Waals surface area contributed by atoms with Crippen molar-refractivity contribution in [3.05, 3.63) is 35.9 Å². The Morgan fingerprint density at radius 3 is 2.59 bits per heavy atom. The lowest BCUT2D eigenvalue weighted by molar-refractivity contribution is 0.163. The molecule has 3 heteroatoms.